The minimum absolute atomic E-state index is 0.142. The summed E-state index contributed by atoms with van der Waals surface area (Å²) in [7, 11) is 0. The van der Waals surface area contributed by atoms with Gasteiger partial charge in [-0.05, 0) is 20.3 Å². The van der Waals surface area contributed by atoms with Crippen LogP contribution in [0, 0.1) is 0 Å². The third kappa shape index (κ3) is 31.7. The average Bonchev–Trinajstić information content (AvgIpc) is 3.58. The monoisotopic (exact) mass is 442 g/mol. The highest BCUT2D eigenvalue weighted by atomic mass is 16.6. The maximum Gasteiger partial charge on any atom is 0.333 e. The summed E-state index contributed by atoms with van der Waals surface area (Å²) < 4.78 is 18.7. The van der Waals surface area contributed by atoms with Crippen molar-refractivity contribution in [3.8, 4) is 0 Å². The predicted octanol–water partition coefficient (Wildman–Crippen LogP) is 3.01. The molecule has 0 saturated carbocycles. The SMILES string of the molecule is C=C(C)C(=O)OCC1CO1.C=CC(=O)O.C=CC(=O)OCC.C=CC(=O)OCCCC. The number of aliphatic carboxylic acids is 1. The number of carboxylic acid groups (broad SMARTS) is 1. The summed E-state index contributed by atoms with van der Waals surface area (Å²) in [6.45, 7) is 20.3. The highest BCUT2D eigenvalue weighted by molar-refractivity contribution is 5.86. The van der Waals surface area contributed by atoms with Crippen LogP contribution in [0.5, 0.6) is 0 Å². The van der Waals surface area contributed by atoms with Gasteiger partial charge in [-0.25, -0.2) is 19.2 Å². The number of hydrogen-bond acceptors (Lipinski definition) is 8. The molecule has 0 amide bonds. The molecule has 1 aliphatic rings. The number of carbonyl (C=O) groups excluding carboxylic acids is 3. The van der Waals surface area contributed by atoms with E-state index in [0.717, 1.165) is 25.0 Å². The Morgan fingerprint density at radius 1 is 1.00 bits per heavy atom. The van der Waals surface area contributed by atoms with Crippen molar-refractivity contribution >= 4 is 23.9 Å². The highest BCUT2D eigenvalue weighted by Gasteiger charge is 2.24. The van der Waals surface area contributed by atoms with Crippen molar-refractivity contribution in [2.75, 3.05) is 26.4 Å². The molecule has 1 rings (SSSR count). The van der Waals surface area contributed by atoms with Crippen LogP contribution in [0.15, 0.2) is 50.1 Å². The summed E-state index contributed by atoms with van der Waals surface area (Å²) in [5.74, 6) is -2.01. The van der Waals surface area contributed by atoms with Gasteiger partial charge in [0.25, 0.3) is 0 Å². The van der Waals surface area contributed by atoms with Crippen molar-refractivity contribution in [2.24, 2.45) is 0 Å². The molecule has 0 bridgehead atoms. The van der Waals surface area contributed by atoms with E-state index in [-0.39, 0.29) is 24.0 Å². The average molecular weight is 443 g/mol. The van der Waals surface area contributed by atoms with Crippen LogP contribution in [0.2, 0.25) is 0 Å². The van der Waals surface area contributed by atoms with Crippen LogP contribution in [0.25, 0.3) is 0 Å². The van der Waals surface area contributed by atoms with Crippen molar-refractivity contribution in [3.05, 3.63) is 50.1 Å². The zero-order valence-electron chi connectivity index (χ0n) is 18.6. The zero-order valence-corrected chi connectivity index (χ0v) is 18.6. The molecule has 1 unspecified atom stereocenters. The molecule has 1 N–H and O–H groups in total. The van der Waals surface area contributed by atoms with Gasteiger partial charge in [0.05, 0.1) is 19.8 Å². The lowest BCUT2D eigenvalue weighted by molar-refractivity contribution is -0.139. The molecule has 9 heteroatoms. The quantitative estimate of drug-likeness (QED) is 0.178. The van der Waals surface area contributed by atoms with Gasteiger partial charge < -0.3 is 24.1 Å². The topological polar surface area (TPSA) is 129 Å². The van der Waals surface area contributed by atoms with Crippen molar-refractivity contribution in [1.29, 1.82) is 0 Å². The first-order valence-electron chi connectivity index (χ1n) is 9.47. The van der Waals surface area contributed by atoms with E-state index in [1.807, 2.05) is 6.92 Å². The zero-order chi connectivity index (χ0) is 24.7. The Labute approximate surface area is 184 Å². The second-order valence-corrected chi connectivity index (χ2v) is 5.56. The number of unbranched alkanes of at least 4 members (excludes halogenated alkanes) is 1. The molecule has 0 aliphatic carbocycles. The minimum Gasteiger partial charge on any atom is -0.478 e. The molecular weight excluding hydrogens is 408 g/mol. The molecule has 9 nitrogen and oxygen atoms in total. The fourth-order valence-electron chi connectivity index (χ4n) is 1.03. The Balaban J connectivity index is -0.000000348. The van der Waals surface area contributed by atoms with E-state index < -0.39 is 5.97 Å². The Hall–Kier alpha value is -3.20. The number of carboxylic acids is 1. The lowest BCUT2D eigenvalue weighted by atomic mass is 10.4. The van der Waals surface area contributed by atoms with Gasteiger partial charge >= 0.3 is 23.9 Å². The molecule has 1 saturated heterocycles. The van der Waals surface area contributed by atoms with Crippen molar-refractivity contribution in [3.63, 3.8) is 0 Å². The molecule has 0 aromatic heterocycles. The molecule has 1 atom stereocenters. The summed E-state index contributed by atoms with van der Waals surface area (Å²) in [5, 5.41) is 7.60. The van der Waals surface area contributed by atoms with Crippen LogP contribution in [-0.2, 0) is 38.1 Å². The second-order valence-electron chi connectivity index (χ2n) is 5.56. The fourth-order valence-corrected chi connectivity index (χ4v) is 1.03. The molecule has 0 radical (unpaired) electrons. The van der Waals surface area contributed by atoms with Gasteiger partial charge in [0.2, 0.25) is 0 Å². The van der Waals surface area contributed by atoms with E-state index in [1.165, 1.54) is 6.08 Å². The molecule has 31 heavy (non-hydrogen) atoms. The molecule has 0 spiro atoms. The molecule has 1 aliphatic heterocycles. The van der Waals surface area contributed by atoms with Gasteiger partial charge in [-0.3, -0.25) is 0 Å². The molecule has 1 fully saturated rings. The number of rotatable bonds is 10. The molecular formula is C22H34O9. The number of hydrogen-bond donors (Lipinski definition) is 1. The summed E-state index contributed by atoms with van der Waals surface area (Å²) in [5.41, 5.74) is 0.431. The molecule has 1 heterocycles. The number of esters is 3. The maximum atomic E-state index is 10.7. The Bertz CT molecular complexity index is 590. The lowest BCUT2D eigenvalue weighted by Crippen LogP contribution is -2.09. The normalized spacial score (nSPS) is 12.3. The van der Waals surface area contributed by atoms with Gasteiger partial charge in [0.1, 0.15) is 12.7 Å². The van der Waals surface area contributed by atoms with E-state index in [1.54, 1.807) is 13.8 Å². The Morgan fingerprint density at radius 3 is 1.77 bits per heavy atom. The second kappa shape index (κ2) is 23.1. The summed E-state index contributed by atoms with van der Waals surface area (Å²) in [6.07, 6.45) is 5.27. The molecule has 176 valence electrons. The standard InChI is InChI=1S/C7H10O3.C7H12O2.C5H8O2.C3H4O2/c1-5(2)7(8)10-4-6-3-9-6;1-3-5-6-9-7(8)4-2;1-3-5(6)7-4-2;1-2-3(4)5/h6H,1,3-4H2,2H3;4H,2-3,5-6H2,1H3;3H,1,4H2,2H3;2H,1H2,(H,4,5). The lowest BCUT2D eigenvalue weighted by Gasteiger charge is -1.99. The maximum absolute atomic E-state index is 10.7. The van der Waals surface area contributed by atoms with E-state index in [2.05, 4.69) is 35.8 Å². The van der Waals surface area contributed by atoms with Gasteiger partial charge in [-0.1, -0.05) is 39.7 Å². The number of ether oxygens (including phenoxy) is 4. The van der Waals surface area contributed by atoms with E-state index in [9.17, 15) is 19.2 Å². The van der Waals surface area contributed by atoms with Gasteiger partial charge in [-0.15, -0.1) is 0 Å². The number of epoxide rings is 1. The predicted molar refractivity (Wildman–Crippen MR) is 116 cm³/mol. The Kier molecular flexibility index (Phi) is 24.2. The van der Waals surface area contributed by atoms with Gasteiger partial charge in [0.15, 0.2) is 0 Å². The van der Waals surface area contributed by atoms with Crippen molar-refractivity contribution in [2.45, 2.75) is 39.7 Å². The summed E-state index contributed by atoms with van der Waals surface area (Å²) in [6, 6.07) is 0. The third-order valence-corrected chi connectivity index (χ3v) is 2.69. The first kappa shape index (κ1) is 32.5. The van der Waals surface area contributed by atoms with Crippen LogP contribution in [0.4, 0.5) is 0 Å². The van der Waals surface area contributed by atoms with Crippen LogP contribution < -0.4 is 0 Å². The summed E-state index contributed by atoms with van der Waals surface area (Å²) in [4.78, 5) is 40.4. The number of carbonyl (C=O) groups is 4. The Morgan fingerprint density at radius 2 is 1.48 bits per heavy atom. The van der Waals surface area contributed by atoms with E-state index in [0.29, 0.717) is 32.0 Å². The van der Waals surface area contributed by atoms with E-state index in [4.69, 9.17) is 14.6 Å². The highest BCUT2D eigenvalue weighted by Crippen LogP contribution is 2.09. The smallest absolute Gasteiger partial charge is 0.333 e. The van der Waals surface area contributed by atoms with Crippen LogP contribution >= 0.6 is 0 Å². The molecule has 0 aromatic carbocycles. The van der Waals surface area contributed by atoms with Crippen molar-refractivity contribution < 1.29 is 43.2 Å². The van der Waals surface area contributed by atoms with E-state index >= 15 is 0 Å². The first-order chi connectivity index (χ1) is 14.6. The minimum atomic E-state index is -0.981. The third-order valence-electron chi connectivity index (χ3n) is 2.69. The first-order valence-corrected chi connectivity index (χ1v) is 9.47. The summed E-state index contributed by atoms with van der Waals surface area (Å²) >= 11 is 0. The fraction of sp³-hybridized carbons (Fsp3) is 0.455. The largest absolute Gasteiger partial charge is 0.478 e. The van der Waals surface area contributed by atoms with Crippen LogP contribution in [0.3, 0.4) is 0 Å². The molecule has 0 aromatic rings. The van der Waals surface area contributed by atoms with Crippen LogP contribution in [-0.4, -0.2) is 61.5 Å². The van der Waals surface area contributed by atoms with Crippen molar-refractivity contribution in [1.82, 2.24) is 0 Å². The van der Waals surface area contributed by atoms with Crippen LogP contribution in [0.1, 0.15) is 33.6 Å². The van der Waals surface area contributed by atoms with Gasteiger partial charge in [0, 0.05) is 23.8 Å². The van der Waals surface area contributed by atoms with Gasteiger partial charge in [-0.2, -0.15) is 0 Å².